The summed E-state index contributed by atoms with van der Waals surface area (Å²) in [5.41, 5.74) is 5.81. The van der Waals surface area contributed by atoms with Crippen LogP contribution in [0.1, 0.15) is 52.1 Å². The van der Waals surface area contributed by atoms with E-state index in [1.165, 1.54) is 36.0 Å². The molecule has 5 unspecified atom stereocenters. The summed E-state index contributed by atoms with van der Waals surface area (Å²) in [5.74, 6) is -4.99. The maximum absolute atomic E-state index is 16.7. The van der Waals surface area contributed by atoms with Gasteiger partial charge in [0, 0.05) is 39.9 Å². The van der Waals surface area contributed by atoms with Crippen molar-refractivity contribution >= 4 is 89.6 Å². The van der Waals surface area contributed by atoms with Gasteiger partial charge in [0.1, 0.15) is 48.2 Å². The number of ether oxygens (including phenoxy) is 8. The van der Waals surface area contributed by atoms with Gasteiger partial charge in [-0.1, -0.05) is 6.07 Å². The summed E-state index contributed by atoms with van der Waals surface area (Å²) in [6.45, 7) is -1.97. The number of nitrogens with zero attached hydrogens (tertiary/aromatic N) is 7. The number of alkyl halides is 1. The molecule has 8 heterocycles. The maximum atomic E-state index is 16.7. The van der Waals surface area contributed by atoms with Crippen LogP contribution in [0.4, 0.5) is 15.9 Å². The fraction of sp³-hybridized carbons (Fsp3) is 0.500. The fourth-order valence-electron chi connectivity index (χ4n) is 8.73. The molecule has 0 bridgehead atoms. The van der Waals surface area contributed by atoms with E-state index in [0.717, 1.165) is 51.4 Å². The second kappa shape index (κ2) is 22.5. The van der Waals surface area contributed by atoms with E-state index in [9.17, 15) is 38.2 Å². The van der Waals surface area contributed by atoms with Crippen LogP contribution < -0.4 is 21.3 Å². The molecule has 0 radical (unpaired) electrons. The molecule has 4 aliphatic rings. The predicted molar refractivity (Wildman–Crippen MR) is 254 cm³/mol. The summed E-state index contributed by atoms with van der Waals surface area (Å²) in [6, 6.07) is 4.15. The molecule has 414 valence electrons. The molecule has 0 saturated carbocycles. The monoisotopic (exact) mass is 1140 g/mol. The van der Waals surface area contributed by atoms with Gasteiger partial charge in [0.15, 0.2) is 53.3 Å². The molecule has 1 aromatic carbocycles. The number of esters is 4. The Kier molecular flexibility index (Phi) is 16.1. The highest BCUT2D eigenvalue weighted by molar-refractivity contribution is 8.54. The first-order valence-corrected chi connectivity index (χ1v) is 27.6. The van der Waals surface area contributed by atoms with Crippen molar-refractivity contribution in [2.45, 2.75) is 114 Å². The van der Waals surface area contributed by atoms with E-state index in [1.807, 2.05) is 0 Å². The van der Waals surface area contributed by atoms with Gasteiger partial charge >= 0.3 is 38.5 Å². The topological polar surface area (TPSA) is 396 Å². The molecular weight excluding hydrogens is 1090 g/mol. The number of imidazole rings is 2. The van der Waals surface area contributed by atoms with Gasteiger partial charge in [-0.05, 0) is 29.1 Å². The number of anilines is 2. The standard InChI is InChI=1S/C42H47FN10O21P2S/c1-17(54)51-22-8-21(6-7-23(22)71-42-35(68-20(4)57)33(67-19(3)56)32(66-18(2)55)34(72-42)41(59)63-5)12-77-76(62)65-11-26-31(28(43)40(70-26)53-16-49-29-36(44)45-13-46-37(29)53)74-75(60,61)64-10-25-24(73-76)9-27(69-25)52-15-50-30-38(52)47-14-48-39(30)58/h6-8,13-16,24-28,31-35,40,42H,9-12H2,1-5H3,(H,51,54)(H,60,61)(H2,44,45,46)(H,47,48,58)/t24-,25+,26+,27+,28+,31+,32-,33?,34?,35?,40+,42+,76?/m0/s1. The summed E-state index contributed by atoms with van der Waals surface area (Å²) >= 11 is 0.606. The number of hydrogen-bond donors (Lipinski definition) is 4. The Bertz CT molecular complexity index is 3260. The number of nitrogens with two attached hydrogens (primary N) is 1. The third-order valence-electron chi connectivity index (χ3n) is 11.9. The Hall–Kier alpha value is -6.51. The smallest absolute Gasteiger partial charge is 0.467 e. The van der Waals surface area contributed by atoms with Gasteiger partial charge in [0.2, 0.25) is 18.3 Å². The zero-order valence-electron chi connectivity index (χ0n) is 40.8. The van der Waals surface area contributed by atoms with E-state index in [1.54, 1.807) is 0 Å². The van der Waals surface area contributed by atoms with Crippen LogP contribution in [-0.2, 0) is 90.1 Å². The van der Waals surface area contributed by atoms with Crippen LogP contribution in [0.2, 0.25) is 0 Å². The molecule has 0 spiro atoms. The molecule has 9 rings (SSSR count). The van der Waals surface area contributed by atoms with Gasteiger partial charge in [0.05, 0.1) is 45.0 Å². The van der Waals surface area contributed by atoms with Crippen LogP contribution >= 0.6 is 26.0 Å². The summed E-state index contributed by atoms with van der Waals surface area (Å²) in [4.78, 5) is 109. The lowest BCUT2D eigenvalue weighted by Gasteiger charge is -2.43. The highest BCUT2D eigenvalue weighted by Crippen LogP contribution is 2.65. The minimum Gasteiger partial charge on any atom is -0.467 e. The average molecular weight is 1140 g/mol. The maximum Gasteiger partial charge on any atom is 0.472 e. The lowest BCUT2D eigenvalue weighted by Crippen LogP contribution is -2.64. The van der Waals surface area contributed by atoms with Gasteiger partial charge < -0.3 is 58.8 Å². The number of aromatic amines is 1. The molecule has 4 aromatic heterocycles. The lowest BCUT2D eigenvalue weighted by molar-refractivity contribution is -0.282. The number of aromatic nitrogens is 8. The number of phosphoric acid groups is 1. The highest BCUT2D eigenvalue weighted by atomic mass is 32.7. The van der Waals surface area contributed by atoms with Gasteiger partial charge in [-0.15, -0.1) is 0 Å². The van der Waals surface area contributed by atoms with E-state index in [0.29, 0.717) is 16.9 Å². The number of H-pyrrole nitrogens is 1. The Labute approximate surface area is 436 Å². The number of hydrogen-bond acceptors (Lipinski definition) is 27. The first kappa shape index (κ1) is 55.3. The molecule has 31 nitrogen and oxygen atoms in total. The molecule has 4 fully saturated rings. The van der Waals surface area contributed by atoms with Gasteiger partial charge in [-0.25, -0.2) is 43.2 Å². The third-order valence-corrected chi connectivity index (χ3v) is 16.6. The molecular formula is C42H47FN10O21P2S. The molecule has 14 atom stereocenters. The van der Waals surface area contributed by atoms with Crippen molar-refractivity contribution in [2.24, 2.45) is 0 Å². The first-order chi connectivity index (χ1) is 36.6. The number of carbonyl (C=O) groups excluding carboxylic acids is 5. The third kappa shape index (κ3) is 12.0. The SMILES string of the molecule is COC(=O)C1O[C@@H](Oc2ccc(CSP3(=O)OC[C@H]4O[C@@H](n5cnc6c(N)ncnc65)[C@H](F)[C@@H]4OP(=O)(O)OC[C@H]4O[C@@H](n5cnc6c(=O)[nH]cnc65)C[C@@H]4O3)cc2NC(C)=O)C(OC(C)=O)C(OC(C)=O)[C@@H]1OC(C)=O. The second-order valence-electron chi connectivity index (χ2n) is 17.3. The Balaban J connectivity index is 1.03. The van der Waals surface area contributed by atoms with E-state index in [2.05, 4.69) is 35.2 Å². The number of nitrogen functional groups attached to an aromatic ring is 1. The van der Waals surface area contributed by atoms with Gasteiger partial charge in [0.25, 0.3) is 5.56 Å². The number of fused-ring (bicyclic) bond motifs is 4. The lowest BCUT2D eigenvalue weighted by atomic mass is 9.97. The summed E-state index contributed by atoms with van der Waals surface area (Å²) < 4.78 is 117. The Morgan fingerprint density at radius 2 is 1.55 bits per heavy atom. The van der Waals surface area contributed by atoms with E-state index in [-0.39, 0.29) is 51.8 Å². The number of amides is 1. The van der Waals surface area contributed by atoms with Crippen molar-refractivity contribution in [3.63, 3.8) is 0 Å². The largest absolute Gasteiger partial charge is 0.472 e. The number of methoxy groups -OCH3 is 1. The van der Waals surface area contributed by atoms with Crippen molar-refractivity contribution < 1.29 is 98.4 Å². The predicted octanol–water partition coefficient (Wildman–Crippen LogP) is 2.05. The summed E-state index contributed by atoms with van der Waals surface area (Å²) in [5, 5.41) is 2.60. The summed E-state index contributed by atoms with van der Waals surface area (Å²) in [6.07, 6.45) is -15.3. The molecule has 1 amide bonds. The van der Waals surface area contributed by atoms with Crippen molar-refractivity contribution in [1.82, 2.24) is 39.0 Å². The van der Waals surface area contributed by atoms with Crippen LogP contribution in [0.5, 0.6) is 5.75 Å². The minimum absolute atomic E-state index is 0.0332. The highest BCUT2D eigenvalue weighted by Gasteiger charge is 2.57. The Morgan fingerprint density at radius 1 is 0.857 bits per heavy atom. The second-order valence-corrected chi connectivity index (χ2v) is 22.7. The van der Waals surface area contributed by atoms with Crippen molar-refractivity contribution in [1.29, 1.82) is 0 Å². The van der Waals surface area contributed by atoms with Crippen LogP contribution in [-0.4, -0.2) is 155 Å². The van der Waals surface area contributed by atoms with Crippen molar-refractivity contribution in [2.75, 3.05) is 31.4 Å². The van der Waals surface area contributed by atoms with E-state index < -0.39 is 137 Å². The number of phosphoric ester groups is 1. The number of benzene rings is 1. The summed E-state index contributed by atoms with van der Waals surface area (Å²) in [7, 11) is -4.18. The van der Waals surface area contributed by atoms with Crippen LogP contribution in [0.3, 0.4) is 0 Å². The molecule has 35 heteroatoms. The average Bonchev–Trinajstić information content (AvgIpc) is 4.27. The molecule has 4 aliphatic heterocycles. The molecule has 5 aromatic rings. The number of rotatable bonds is 12. The zero-order valence-corrected chi connectivity index (χ0v) is 43.4. The van der Waals surface area contributed by atoms with Crippen molar-refractivity contribution in [3.05, 3.63) is 59.4 Å². The Morgan fingerprint density at radius 3 is 2.27 bits per heavy atom. The molecule has 77 heavy (non-hydrogen) atoms. The minimum atomic E-state index is -5.19. The van der Waals surface area contributed by atoms with Crippen LogP contribution in [0.15, 0.2) is 48.3 Å². The van der Waals surface area contributed by atoms with Crippen molar-refractivity contribution in [3.8, 4) is 5.75 Å². The molecule has 4 saturated heterocycles. The molecule has 0 aliphatic carbocycles. The van der Waals surface area contributed by atoms with Crippen LogP contribution in [0.25, 0.3) is 22.3 Å². The van der Waals surface area contributed by atoms with Crippen LogP contribution in [0, 0.1) is 0 Å². The van der Waals surface area contributed by atoms with E-state index >= 15 is 8.96 Å². The first-order valence-electron chi connectivity index (χ1n) is 22.9. The number of nitrogens with one attached hydrogen (secondary N) is 2. The quantitative estimate of drug-likeness (QED) is 0.0789. The van der Waals surface area contributed by atoms with Gasteiger partial charge in [-0.2, -0.15) is 0 Å². The number of carbonyl (C=O) groups is 5. The van der Waals surface area contributed by atoms with Gasteiger partial charge in [-0.3, -0.25) is 51.2 Å². The molecule has 5 N–H and O–H groups in total. The zero-order chi connectivity index (χ0) is 55.1. The normalized spacial score (nSPS) is 31.5. The fourth-order valence-corrected chi connectivity index (χ4v) is 13.1. The number of halogens is 1. The van der Waals surface area contributed by atoms with E-state index in [4.69, 9.17) is 61.7 Å².